The zero-order valence-corrected chi connectivity index (χ0v) is 11.2. The summed E-state index contributed by atoms with van der Waals surface area (Å²) < 4.78 is 10.6. The Labute approximate surface area is 113 Å². The highest BCUT2D eigenvalue weighted by Gasteiger charge is 2.16. The second-order valence-electron chi connectivity index (χ2n) is 4.54. The van der Waals surface area contributed by atoms with Gasteiger partial charge in [0.2, 0.25) is 5.88 Å². The number of carbonyl (C=O) groups is 1. The minimum Gasteiger partial charge on any atom is -0.474 e. The number of hydrogen-bond acceptors (Lipinski definition) is 4. The molecule has 1 saturated carbocycles. The Morgan fingerprint density at radius 2 is 2.21 bits per heavy atom. The molecule has 0 spiro atoms. The molecule has 1 aromatic rings. The number of nitrogens with zero attached hydrogens (tertiary/aromatic N) is 1. The lowest BCUT2D eigenvalue weighted by molar-refractivity contribution is -0.137. The van der Waals surface area contributed by atoms with E-state index in [-0.39, 0.29) is 5.97 Å². The minimum absolute atomic E-state index is 0.313. The first kappa shape index (κ1) is 13.6. The standard InChI is InChI=1S/C15H19NO3/c1-2-18-15(17)10-8-12-7-9-14(16-11-12)19-13-5-3-4-6-13/h7-11,13H,2-6H2,1H3. The predicted molar refractivity (Wildman–Crippen MR) is 72.8 cm³/mol. The molecule has 4 nitrogen and oxygen atoms in total. The fourth-order valence-corrected chi connectivity index (χ4v) is 2.09. The van der Waals surface area contributed by atoms with Crippen molar-refractivity contribution in [2.24, 2.45) is 0 Å². The molecular weight excluding hydrogens is 242 g/mol. The van der Waals surface area contributed by atoms with Gasteiger partial charge in [0.05, 0.1) is 6.61 Å². The fraction of sp³-hybridized carbons (Fsp3) is 0.467. The van der Waals surface area contributed by atoms with Crippen molar-refractivity contribution in [2.75, 3.05) is 6.61 Å². The highest BCUT2D eigenvalue weighted by Crippen LogP contribution is 2.22. The van der Waals surface area contributed by atoms with E-state index in [2.05, 4.69) is 4.98 Å². The molecule has 4 heteroatoms. The molecule has 2 rings (SSSR count). The van der Waals surface area contributed by atoms with Gasteiger partial charge in [-0.25, -0.2) is 9.78 Å². The number of hydrogen-bond donors (Lipinski definition) is 0. The van der Waals surface area contributed by atoms with Crippen molar-refractivity contribution in [1.29, 1.82) is 0 Å². The first-order chi connectivity index (χ1) is 9.28. The SMILES string of the molecule is CCOC(=O)C=Cc1ccc(OC2CCCC2)nc1. The van der Waals surface area contributed by atoms with Crippen molar-refractivity contribution in [3.63, 3.8) is 0 Å². The Bertz CT molecular complexity index is 433. The summed E-state index contributed by atoms with van der Waals surface area (Å²) >= 11 is 0. The van der Waals surface area contributed by atoms with Crippen LogP contribution in [0, 0.1) is 0 Å². The molecule has 1 aliphatic rings. The lowest BCUT2D eigenvalue weighted by atomic mass is 10.2. The van der Waals surface area contributed by atoms with Gasteiger partial charge in [0.25, 0.3) is 0 Å². The normalized spacial score (nSPS) is 15.8. The van der Waals surface area contributed by atoms with Crippen LogP contribution in [0.15, 0.2) is 24.4 Å². The number of rotatable bonds is 5. The molecule has 0 aliphatic heterocycles. The lowest BCUT2D eigenvalue weighted by Crippen LogP contribution is -2.11. The number of esters is 1. The van der Waals surface area contributed by atoms with Crippen LogP contribution in [0.4, 0.5) is 0 Å². The molecule has 1 aromatic heterocycles. The van der Waals surface area contributed by atoms with Gasteiger partial charge >= 0.3 is 5.97 Å². The van der Waals surface area contributed by atoms with Crippen LogP contribution in [0.1, 0.15) is 38.2 Å². The quantitative estimate of drug-likeness (QED) is 0.604. The summed E-state index contributed by atoms with van der Waals surface area (Å²) in [5.74, 6) is 0.314. The Morgan fingerprint density at radius 3 is 2.84 bits per heavy atom. The van der Waals surface area contributed by atoms with Crippen LogP contribution in [0.5, 0.6) is 5.88 Å². The van der Waals surface area contributed by atoms with Crippen molar-refractivity contribution in [1.82, 2.24) is 4.98 Å². The summed E-state index contributed by atoms with van der Waals surface area (Å²) in [6, 6.07) is 3.72. The van der Waals surface area contributed by atoms with E-state index in [9.17, 15) is 4.79 Å². The van der Waals surface area contributed by atoms with E-state index in [1.54, 1.807) is 19.2 Å². The summed E-state index contributed by atoms with van der Waals surface area (Å²) in [6.45, 7) is 2.16. The summed E-state index contributed by atoms with van der Waals surface area (Å²) in [5, 5.41) is 0. The summed E-state index contributed by atoms with van der Waals surface area (Å²) in [5.41, 5.74) is 0.854. The molecule has 1 fully saturated rings. The summed E-state index contributed by atoms with van der Waals surface area (Å²) in [6.07, 6.45) is 9.81. The number of ether oxygens (including phenoxy) is 2. The van der Waals surface area contributed by atoms with Gasteiger partial charge in [-0.3, -0.25) is 0 Å². The largest absolute Gasteiger partial charge is 0.474 e. The van der Waals surface area contributed by atoms with Crippen LogP contribution in [-0.4, -0.2) is 23.7 Å². The third-order valence-electron chi connectivity index (χ3n) is 3.05. The van der Waals surface area contributed by atoms with E-state index in [0.717, 1.165) is 18.4 Å². The van der Waals surface area contributed by atoms with E-state index in [1.165, 1.54) is 18.9 Å². The second-order valence-corrected chi connectivity index (χ2v) is 4.54. The average molecular weight is 261 g/mol. The average Bonchev–Trinajstić information content (AvgIpc) is 2.91. The van der Waals surface area contributed by atoms with Crippen LogP contribution in [-0.2, 0) is 9.53 Å². The molecular formula is C15H19NO3. The highest BCUT2D eigenvalue weighted by molar-refractivity contribution is 5.86. The molecule has 0 aromatic carbocycles. The molecule has 0 bridgehead atoms. The van der Waals surface area contributed by atoms with Crippen molar-refractivity contribution < 1.29 is 14.3 Å². The predicted octanol–water partition coefficient (Wildman–Crippen LogP) is 2.98. The molecule has 1 aliphatic carbocycles. The molecule has 102 valence electrons. The first-order valence-corrected chi connectivity index (χ1v) is 6.75. The van der Waals surface area contributed by atoms with Crippen LogP contribution >= 0.6 is 0 Å². The van der Waals surface area contributed by atoms with Crippen molar-refractivity contribution in [2.45, 2.75) is 38.7 Å². The number of aromatic nitrogens is 1. The summed E-state index contributed by atoms with van der Waals surface area (Å²) in [4.78, 5) is 15.4. The molecule has 0 amide bonds. The number of carbonyl (C=O) groups excluding carboxylic acids is 1. The molecule has 0 unspecified atom stereocenters. The Morgan fingerprint density at radius 1 is 1.42 bits per heavy atom. The van der Waals surface area contributed by atoms with Crippen LogP contribution < -0.4 is 4.74 Å². The third-order valence-corrected chi connectivity index (χ3v) is 3.05. The monoisotopic (exact) mass is 261 g/mol. The molecule has 19 heavy (non-hydrogen) atoms. The molecule has 0 saturated heterocycles. The Balaban J connectivity index is 1.88. The van der Waals surface area contributed by atoms with Crippen LogP contribution in [0.2, 0.25) is 0 Å². The van der Waals surface area contributed by atoms with Crippen LogP contribution in [0.25, 0.3) is 6.08 Å². The van der Waals surface area contributed by atoms with Gasteiger partial charge in [0, 0.05) is 18.3 Å². The third kappa shape index (κ3) is 4.39. The van der Waals surface area contributed by atoms with Gasteiger partial charge in [-0.2, -0.15) is 0 Å². The smallest absolute Gasteiger partial charge is 0.330 e. The topological polar surface area (TPSA) is 48.4 Å². The van der Waals surface area contributed by atoms with E-state index in [4.69, 9.17) is 9.47 Å². The van der Waals surface area contributed by atoms with E-state index in [0.29, 0.717) is 18.6 Å². The van der Waals surface area contributed by atoms with Gasteiger partial charge < -0.3 is 9.47 Å². The lowest BCUT2D eigenvalue weighted by Gasteiger charge is -2.11. The minimum atomic E-state index is -0.339. The van der Waals surface area contributed by atoms with Crippen molar-refractivity contribution in [3.8, 4) is 5.88 Å². The molecule has 0 atom stereocenters. The first-order valence-electron chi connectivity index (χ1n) is 6.75. The maximum Gasteiger partial charge on any atom is 0.330 e. The van der Waals surface area contributed by atoms with Gasteiger partial charge in [-0.1, -0.05) is 0 Å². The molecule has 1 heterocycles. The second kappa shape index (κ2) is 6.92. The molecule has 0 N–H and O–H groups in total. The van der Waals surface area contributed by atoms with Gasteiger partial charge in [0.15, 0.2) is 0 Å². The fourth-order valence-electron chi connectivity index (χ4n) is 2.09. The van der Waals surface area contributed by atoms with E-state index in [1.807, 2.05) is 12.1 Å². The Kier molecular flexibility index (Phi) is 4.95. The van der Waals surface area contributed by atoms with Gasteiger partial charge in [-0.05, 0) is 50.3 Å². The van der Waals surface area contributed by atoms with Gasteiger partial charge in [-0.15, -0.1) is 0 Å². The molecule has 0 radical (unpaired) electrons. The van der Waals surface area contributed by atoms with E-state index < -0.39 is 0 Å². The maximum absolute atomic E-state index is 11.2. The Hall–Kier alpha value is -1.84. The van der Waals surface area contributed by atoms with Crippen molar-refractivity contribution in [3.05, 3.63) is 30.0 Å². The maximum atomic E-state index is 11.2. The summed E-state index contributed by atoms with van der Waals surface area (Å²) in [7, 11) is 0. The van der Waals surface area contributed by atoms with Crippen molar-refractivity contribution >= 4 is 12.0 Å². The van der Waals surface area contributed by atoms with E-state index >= 15 is 0 Å². The number of pyridine rings is 1. The zero-order valence-electron chi connectivity index (χ0n) is 11.2. The van der Waals surface area contributed by atoms with Gasteiger partial charge in [0.1, 0.15) is 6.10 Å². The van der Waals surface area contributed by atoms with Crippen LogP contribution in [0.3, 0.4) is 0 Å². The highest BCUT2D eigenvalue weighted by atomic mass is 16.5. The zero-order chi connectivity index (χ0) is 13.5.